The summed E-state index contributed by atoms with van der Waals surface area (Å²) < 4.78 is 1.66. The Hall–Kier alpha value is -3.28. The van der Waals surface area contributed by atoms with Gasteiger partial charge in [0.1, 0.15) is 23.0 Å². The third-order valence-electron chi connectivity index (χ3n) is 5.34. The van der Waals surface area contributed by atoms with Crippen molar-refractivity contribution in [3.8, 4) is 12.1 Å². The number of aliphatic hydroxyl groups excluding tert-OH is 1. The van der Waals surface area contributed by atoms with Crippen molar-refractivity contribution >= 4 is 23.7 Å². The van der Waals surface area contributed by atoms with Crippen LogP contribution in [0.15, 0.2) is 17.4 Å². The smallest absolute Gasteiger partial charge is 0.404 e. The molecule has 1 aliphatic rings. The first kappa shape index (κ1) is 23.4. The molecule has 0 spiro atoms. The number of hydrogen-bond donors (Lipinski definition) is 3. The van der Waals surface area contributed by atoms with Gasteiger partial charge in [-0.15, -0.1) is 11.8 Å². The Morgan fingerprint density at radius 1 is 1.31 bits per heavy atom. The minimum atomic E-state index is -1.04. The minimum absolute atomic E-state index is 0.00587. The standard InChI is InChI=1S/C21H25N7O3S/c1-2-16-17(9-22)19(27-5-3-15(4-6-27)25-21(30)31)26-20(18(16)10-23)32-13-14-11-24-28(12-14)7-8-29/h11-12,15,25,29H,2-8,13H2,1H3,(H,30,31). The number of nitriles is 2. The zero-order valence-electron chi connectivity index (χ0n) is 17.8. The molecule has 32 heavy (non-hydrogen) atoms. The van der Waals surface area contributed by atoms with Crippen molar-refractivity contribution in [2.75, 3.05) is 24.6 Å². The lowest BCUT2D eigenvalue weighted by atomic mass is 10.00. The van der Waals surface area contributed by atoms with Gasteiger partial charge in [-0.05, 0) is 24.8 Å². The third kappa shape index (κ3) is 5.31. The lowest BCUT2D eigenvalue weighted by Gasteiger charge is -2.33. The van der Waals surface area contributed by atoms with E-state index in [1.807, 2.05) is 18.0 Å². The highest BCUT2D eigenvalue weighted by Crippen LogP contribution is 2.34. The molecule has 0 atom stereocenters. The molecule has 0 unspecified atom stereocenters. The highest BCUT2D eigenvalue weighted by Gasteiger charge is 2.27. The minimum Gasteiger partial charge on any atom is -0.465 e. The van der Waals surface area contributed by atoms with Crippen molar-refractivity contribution in [2.24, 2.45) is 0 Å². The number of nitrogens with zero attached hydrogens (tertiary/aromatic N) is 6. The Bertz CT molecular complexity index is 1050. The fourth-order valence-electron chi connectivity index (χ4n) is 3.78. The number of thioether (sulfide) groups is 1. The van der Waals surface area contributed by atoms with Gasteiger partial charge in [-0.25, -0.2) is 9.78 Å². The van der Waals surface area contributed by atoms with E-state index in [1.165, 1.54) is 11.8 Å². The average molecular weight is 456 g/mol. The van der Waals surface area contributed by atoms with Crippen LogP contribution >= 0.6 is 11.8 Å². The maximum Gasteiger partial charge on any atom is 0.404 e. The van der Waals surface area contributed by atoms with Crippen LogP contribution in [0.1, 0.15) is 42.0 Å². The maximum absolute atomic E-state index is 10.9. The van der Waals surface area contributed by atoms with E-state index in [0.717, 1.165) is 5.56 Å². The van der Waals surface area contributed by atoms with Crippen molar-refractivity contribution < 1.29 is 15.0 Å². The van der Waals surface area contributed by atoms with Gasteiger partial charge in [0.2, 0.25) is 0 Å². The molecule has 0 bridgehead atoms. The van der Waals surface area contributed by atoms with Crippen molar-refractivity contribution in [1.29, 1.82) is 10.5 Å². The van der Waals surface area contributed by atoms with E-state index < -0.39 is 6.09 Å². The number of carboxylic acid groups (broad SMARTS) is 1. The fraction of sp³-hybridized carbons (Fsp3) is 0.476. The average Bonchev–Trinajstić information content (AvgIpc) is 3.24. The van der Waals surface area contributed by atoms with Crippen molar-refractivity contribution in [3.05, 3.63) is 34.6 Å². The Labute approximate surface area is 190 Å². The molecule has 3 N–H and O–H groups in total. The second-order valence-corrected chi connectivity index (χ2v) is 8.35. The highest BCUT2D eigenvalue weighted by atomic mass is 32.2. The third-order valence-corrected chi connectivity index (χ3v) is 6.39. The number of carbonyl (C=O) groups is 1. The normalized spacial score (nSPS) is 14.1. The molecule has 3 rings (SSSR count). The van der Waals surface area contributed by atoms with Gasteiger partial charge in [-0.3, -0.25) is 4.68 Å². The summed E-state index contributed by atoms with van der Waals surface area (Å²) in [6.45, 7) is 3.47. The number of hydrogen-bond acceptors (Lipinski definition) is 8. The number of nitrogens with one attached hydrogen (secondary N) is 1. The van der Waals surface area contributed by atoms with Crippen LogP contribution in [0.3, 0.4) is 0 Å². The molecule has 10 nitrogen and oxygen atoms in total. The summed E-state index contributed by atoms with van der Waals surface area (Å²) in [5.74, 6) is 1.10. The first-order valence-corrected chi connectivity index (χ1v) is 11.4. The summed E-state index contributed by atoms with van der Waals surface area (Å²) in [5, 5.41) is 44.9. The second-order valence-electron chi connectivity index (χ2n) is 7.38. The van der Waals surface area contributed by atoms with E-state index in [1.54, 1.807) is 10.9 Å². The van der Waals surface area contributed by atoms with E-state index in [4.69, 9.17) is 15.2 Å². The van der Waals surface area contributed by atoms with E-state index in [-0.39, 0.29) is 12.6 Å². The van der Waals surface area contributed by atoms with Gasteiger partial charge in [-0.1, -0.05) is 6.92 Å². The number of anilines is 1. The number of aromatic nitrogens is 3. The molecule has 2 aromatic heterocycles. The van der Waals surface area contributed by atoms with Crippen molar-refractivity contribution in [2.45, 2.75) is 49.6 Å². The fourth-order valence-corrected chi connectivity index (χ4v) is 4.70. The second kappa shape index (κ2) is 10.8. The van der Waals surface area contributed by atoms with Crippen molar-refractivity contribution in [3.63, 3.8) is 0 Å². The summed E-state index contributed by atoms with van der Waals surface area (Å²) in [4.78, 5) is 17.6. The molecule has 0 aliphatic carbocycles. The summed E-state index contributed by atoms with van der Waals surface area (Å²) in [6.07, 6.45) is 4.30. The van der Waals surface area contributed by atoms with E-state index in [0.29, 0.717) is 72.2 Å². The molecule has 0 radical (unpaired) electrons. The number of pyridine rings is 1. The Morgan fingerprint density at radius 3 is 2.62 bits per heavy atom. The lowest BCUT2D eigenvalue weighted by molar-refractivity contribution is 0.187. The van der Waals surface area contributed by atoms with E-state index >= 15 is 0 Å². The number of aliphatic hydroxyl groups is 1. The first-order chi connectivity index (χ1) is 15.5. The predicted molar refractivity (Wildman–Crippen MR) is 118 cm³/mol. The zero-order valence-corrected chi connectivity index (χ0v) is 18.6. The Balaban J connectivity index is 1.87. The van der Waals surface area contributed by atoms with Crippen LogP contribution in [0.25, 0.3) is 0 Å². The maximum atomic E-state index is 10.9. The van der Waals surface area contributed by atoms with Gasteiger partial charge >= 0.3 is 6.09 Å². The molecule has 3 heterocycles. The molecule has 0 aromatic carbocycles. The summed E-state index contributed by atoms with van der Waals surface area (Å²) in [7, 11) is 0. The van der Waals surface area contributed by atoms with Gasteiger partial charge < -0.3 is 20.4 Å². The Kier molecular flexibility index (Phi) is 7.92. The quantitative estimate of drug-likeness (QED) is 0.508. The van der Waals surface area contributed by atoms with Crippen LogP contribution < -0.4 is 10.2 Å². The largest absolute Gasteiger partial charge is 0.465 e. The summed E-state index contributed by atoms with van der Waals surface area (Å²) >= 11 is 1.42. The molecule has 168 valence electrons. The highest BCUT2D eigenvalue weighted by molar-refractivity contribution is 7.98. The number of piperidine rings is 1. The SMILES string of the molecule is CCc1c(C#N)c(SCc2cnn(CCO)c2)nc(N2CCC(NC(=O)O)CC2)c1C#N. The molecule has 1 fully saturated rings. The van der Waals surface area contributed by atoms with Gasteiger partial charge in [0.05, 0.1) is 30.5 Å². The molecule has 11 heteroatoms. The monoisotopic (exact) mass is 455 g/mol. The first-order valence-electron chi connectivity index (χ1n) is 10.4. The van der Waals surface area contributed by atoms with Gasteiger partial charge in [0.15, 0.2) is 0 Å². The van der Waals surface area contributed by atoms with Gasteiger partial charge in [0, 0.05) is 36.6 Å². The van der Waals surface area contributed by atoms with Crippen LogP contribution in [0.4, 0.5) is 10.6 Å². The van der Waals surface area contributed by atoms with Crippen LogP contribution in [-0.2, 0) is 18.7 Å². The van der Waals surface area contributed by atoms with Crippen LogP contribution in [0, 0.1) is 22.7 Å². The van der Waals surface area contributed by atoms with Crippen LogP contribution in [0.2, 0.25) is 0 Å². The molecular weight excluding hydrogens is 430 g/mol. The van der Waals surface area contributed by atoms with E-state index in [9.17, 15) is 15.3 Å². The molecule has 1 aliphatic heterocycles. The Morgan fingerprint density at radius 2 is 2.03 bits per heavy atom. The molecule has 1 amide bonds. The number of rotatable bonds is 8. The summed E-state index contributed by atoms with van der Waals surface area (Å²) in [5.41, 5.74) is 2.46. The van der Waals surface area contributed by atoms with Gasteiger partial charge in [0.25, 0.3) is 0 Å². The predicted octanol–water partition coefficient (Wildman–Crippen LogP) is 2.10. The van der Waals surface area contributed by atoms with Crippen LogP contribution in [0.5, 0.6) is 0 Å². The molecule has 0 saturated carbocycles. The zero-order chi connectivity index (χ0) is 23.1. The molecule has 2 aromatic rings. The van der Waals surface area contributed by atoms with E-state index in [2.05, 4.69) is 22.6 Å². The van der Waals surface area contributed by atoms with Gasteiger partial charge in [-0.2, -0.15) is 15.6 Å². The molecular formula is C21H25N7O3S. The topological polar surface area (TPSA) is 151 Å². The number of amides is 1. The van der Waals surface area contributed by atoms with Crippen LogP contribution in [-0.4, -0.2) is 56.8 Å². The summed E-state index contributed by atoms with van der Waals surface area (Å²) in [6, 6.07) is 4.34. The van der Waals surface area contributed by atoms with Crippen molar-refractivity contribution in [1.82, 2.24) is 20.1 Å². The molecule has 1 saturated heterocycles. The lowest BCUT2D eigenvalue weighted by Crippen LogP contribution is -2.44.